The molecule has 0 heterocycles. The quantitative estimate of drug-likeness (QED) is 0.443. The monoisotopic (exact) mass is 421 g/mol. The molecular formula is C21H19ClF3N3O. The number of carbonyl (C=O) groups excluding carboxylic acids is 1. The summed E-state index contributed by atoms with van der Waals surface area (Å²) in [5, 5.41) is 14.1. The van der Waals surface area contributed by atoms with Crippen LogP contribution in [0.5, 0.6) is 0 Å². The molecule has 2 aromatic carbocycles. The SMILES string of the molecule is Cc1cccc(C(C)C)c1N/C=C(/C#N)C(=O)Nc1ccc(Cl)c(C(F)(F)F)c1. The highest BCUT2D eigenvalue weighted by Gasteiger charge is 2.33. The Morgan fingerprint density at radius 2 is 1.93 bits per heavy atom. The van der Waals surface area contributed by atoms with Gasteiger partial charge in [-0.25, -0.2) is 0 Å². The maximum absolute atomic E-state index is 13.0. The van der Waals surface area contributed by atoms with E-state index in [4.69, 9.17) is 11.6 Å². The van der Waals surface area contributed by atoms with Gasteiger partial charge < -0.3 is 10.6 Å². The number of rotatable bonds is 5. The lowest BCUT2D eigenvalue weighted by atomic mass is 9.98. The standard InChI is InChI=1S/C21H19ClF3N3O/c1-12(2)16-6-4-5-13(3)19(16)27-11-14(10-26)20(29)28-15-7-8-18(22)17(9-15)21(23,24)25/h4-9,11-12,27H,1-3H3,(H,28,29)/b14-11-. The second-order valence-electron chi connectivity index (χ2n) is 6.65. The minimum Gasteiger partial charge on any atom is -0.360 e. The number of para-hydroxylation sites is 1. The summed E-state index contributed by atoms with van der Waals surface area (Å²) in [5.41, 5.74) is 1.23. The van der Waals surface area contributed by atoms with Gasteiger partial charge in [-0.3, -0.25) is 4.79 Å². The van der Waals surface area contributed by atoms with Crippen molar-refractivity contribution in [3.63, 3.8) is 0 Å². The number of hydrogen-bond donors (Lipinski definition) is 2. The van der Waals surface area contributed by atoms with Gasteiger partial charge in [0.15, 0.2) is 0 Å². The van der Waals surface area contributed by atoms with Crippen LogP contribution in [0.4, 0.5) is 24.5 Å². The highest BCUT2D eigenvalue weighted by Crippen LogP contribution is 2.36. The third kappa shape index (κ3) is 5.52. The van der Waals surface area contributed by atoms with Gasteiger partial charge >= 0.3 is 6.18 Å². The second kappa shape index (κ2) is 9.01. The number of nitrogens with one attached hydrogen (secondary N) is 2. The molecule has 0 saturated carbocycles. The van der Waals surface area contributed by atoms with E-state index in [9.17, 15) is 23.2 Å². The lowest BCUT2D eigenvalue weighted by Crippen LogP contribution is -2.16. The van der Waals surface area contributed by atoms with Gasteiger partial charge in [0.2, 0.25) is 0 Å². The van der Waals surface area contributed by atoms with Crippen molar-refractivity contribution in [3.05, 3.63) is 69.9 Å². The molecule has 2 rings (SSSR count). The largest absolute Gasteiger partial charge is 0.417 e. The zero-order valence-corrected chi connectivity index (χ0v) is 16.7. The third-order valence-corrected chi connectivity index (χ3v) is 4.51. The summed E-state index contributed by atoms with van der Waals surface area (Å²) in [6.07, 6.45) is -3.42. The number of hydrogen-bond acceptors (Lipinski definition) is 3. The Morgan fingerprint density at radius 3 is 2.52 bits per heavy atom. The van der Waals surface area contributed by atoms with Crippen LogP contribution in [0.2, 0.25) is 5.02 Å². The number of alkyl halides is 3. The second-order valence-corrected chi connectivity index (χ2v) is 7.06. The van der Waals surface area contributed by atoms with E-state index in [0.717, 1.165) is 28.9 Å². The van der Waals surface area contributed by atoms with Crippen LogP contribution < -0.4 is 10.6 Å². The average Bonchev–Trinajstić information content (AvgIpc) is 2.63. The molecule has 4 nitrogen and oxygen atoms in total. The van der Waals surface area contributed by atoms with Crippen LogP contribution in [0.1, 0.15) is 36.5 Å². The molecule has 0 bridgehead atoms. The summed E-state index contributed by atoms with van der Waals surface area (Å²) in [4.78, 5) is 12.4. The van der Waals surface area contributed by atoms with Crippen LogP contribution in [0.15, 0.2) is 48.2 Å². The Balaban J connectivity index is 2.26. The third-order valence-electron chi connectivity index (χ3n) is 4.18. The topological polar surface area (TPSA) is 64.9 Å². The van der Waals surface area contributed by atoms with Crippen LogP contribution in [-0.2, 0) is 11.0 Å². The van der Waals surface area contributed by atoms with Crippen molar-refractivity contribution >= 4 is 28.9 Å². The molecule has 0 aliphatic rings. The van der Waals surface area contributed by atoms with Crippen molar-refractivity contribution in [1.82, 2.24) is 0 Å². The Labute approximate surface area is 172 Å². The van der Waals surface area contributed by atoms with Crippen molar-refractivity contribution in [3.8, 4) is 6.07 Å². The van der Waals surface area contributed by atoms with Gasteiger partial charge in [-0.15, -0.1) is 0 Å². The molecule has 0 spiro atoms. The van der Waals surface area contributed by atoms with E-state index >= 15 is 0 Å². The molecule has 29 heavy (non-hydrogen) atoms. The summed E-state index contributed by atoms with van der Waals surface area (Å²) in [6.45, 7) is 5.92. The first-order valence-corrected chi connectivity index (χ1v) is 9.06. The molecule has 0 atom stereocenters. The zero-order valence-electron chi connectivity index (χ0n) is 16.0. The summed E-state index contributed by atoms with van der Waals surface area (Å²) in [6, 6.07) is 10.5. The van der Waals surface area contributed by atoms with Gasteiger partial charge in [-0.2, -0.15) is 18.4 Å². The van der Waals surface area contributed by atoms with Gasteiger partial charge in [0.25, 0.3) is 5.91 Å². The Bertz CT molecular complexity index is 992. The maximum atomic E-state index is 13.0. The van der Waals surface area contributed by atoms with Crippen molar-refractivity contribution < 1.29 is 18.0 Å². The van der Waals surface area contributed by atoms with Gasteiger partial charge in [-0.1, -0.05) is 43.6 Å². The fourth-order valence-corrected chi connectivity index (χ4v) is 2.91. The Hall–Kier alpha value is -2.98. The molecule has 1 amide bonds. The van der Waals surface area contributed by atoms with Crippen molar-refractivity contribution in [1.29, 1.82) is 5.26 Å². The normalized spacial score (nSPS) is 11.9. The van der Waals surface area contributed by atoms with Crippen LogP contribution in [0.3, 0.4) is 0 Å². The van der Waals surface area contributed by atoms with Crippen LogP contribution in [0.25, 0.3) is 0 Å². The predicted octanol–water partition coefficient (Wildman–Crippen LogP) is 6.25. The maximum Gasteiger partial charge on any atom is 0.417 e. The van der Waals surface area contributed by atoms with Gasteiger partial charge in [0, 0.05) is 17.6 Å². The molecule has 0 unspecified atom stereocenters. The van der Waals surface area contributed by atoms with Crippen molar-refractivity contribution in [2.45, 2.75) is 32.9 Å². The number of carbonyl (C=O) groups is 1. The summed E-state index contributed by atoms with van der Waals surface area (Å²) < 4.78 is 38.9. The number of anilines is 2. The zero-order chi connectivity index (χ0) is 21.8. The van der Waals surface area contributed by atoms with Crippen LogP contribution in [0, 0.1) is 18.3 Å². The van der Waals surface area contributed by atoms with E-state index in [2.05, 4.69) is 10.6 Å². The number of nitriles is 1. The van der Waals surface area contributed by atoms with Crippen LogP contribution >= 0.6 is 11.6 Å². The van der Waals surface area contributed by atoms with Crippen molar-refractivity contribution in [2.75, 3.05) is 10.6 Å². The highest BCUT2D eigenvalue weighted by molar-refractivity contribution is 6.31. The molecular weight excluding hydrogens is 403 g/mol. The molecule has 8 heteroatoms. The molecule has 152 valence electrons. The highest BCUT2D eigenvalue weighted by atomic mass is 35.5. The van der Waals surface area contributed by atoms with Crippen molar-refractivity contribution in [2.24, 2.45) is 0 Å². The molecule has 0 radical (unpaired) electrons. The molecule has 0 aromatic heterocycles. The number of benzene rings is 2. The van der Waals surface area contributed by atoms with E-state index in [0.29, 0.717) is 0 Å². The average molecular weight is 422 g/mol. The summed E-state index contributed by atoms with van der Waals surface area (Å²) in [5.74, 6) is -0.629. The minimum atomic E-state index is -4.66. The first-order valence-electron chi connectivity index (χ1n) is 8.69. The fourth-order valence-electron chi connectivity index (χ4n) is 2.68. The summed E-state index contributed by atoms with van der Waals surface area (Å²) in [7, 11) is 0. The number of amides is 1. The summed E-state index contributed by atoms with van der Waals surface area (Å²) >= 11 is 5.57. The van der Waals surface area contributed by atoms with Crippen LogP contribution in [-0.4, -0.2) is 5.91 Å². The van der Waals surface area contributed by atoms with E-state index in [-0.39, 0.29) is 17.2 Å². The fraction of sp³-hybridized carbons (Fsp3) is 0.238. The smallest absolute Gasteiger partial charge is 0.360 e. The number of nitrogens with zero attached hydrogens (tertiary/aromatic N) is 1. The first kappa shape index (κ1) is 22.3. The van der Waals surface area contributed by atoms with Gasteiger partial charge in [0.1, 0.15) is 11.6 Å². The molecule has 0 aliphatic carbocycles. The molecule has 0 saturated heterocycles. The lowest BCUT2D eigenvalue weighted by molar-refractivity contribution is -0.137. The molecule has 0 aliphatic heterocycles. The number of halogens is 4. The van der Waals surface area contributed by atoms with E-state index in [1.54, 1.807) is 6.07 Å². The van der Waals surface area contributed by atoms with E-state index in [1.807, 2.05) is 39.0 Å². The Morgan fingerprint density at radius 1 is 1.24 bits per heavy atom. The number of aryl methyl sites for hydroxylation is 1. The van der Waals surface area contributed by atoms with E-state index in [1.165, 1.54) is 12.3 Å². The molecule has 2 aromatic rings. The lowest BCUT2D eigenvalue weighted by Gasteiger charge is -2.15. The van der Waals surface area contributed by atoms with Gasteiger partial charge in [0.05, 0.1) is 10.6 Å². The first-order chi connectivity index (χ1) is 13.5. The minimum absolute atomic E-state index is 0.119. The molecule has 0 fully saturated rings. The van der Waals surface area contributed by atoms with E-state index < -0.39 is 22.7 Å². The predicted molar refractivity (Wildman–Crippen MR) is 108 cm³/mol. The molecule has 2 N–H and O–H groups in total. The van der Waals surface area contributed by atoms with Gasteiger partial charge in [-0.05, 0) is 42.2 Å². The Kier molecular flexibility index (Phi) is 6.93.